The number of anilines is 1. The minimum Gasteiger partial charge on any atom is -0.382 e. The quantitative estimate of drug-likeness (QED) is 0.465. The standard InChI is InChI=1S/C22H33N3O2S/c1-3-15-28-22-20(17(2)23-18-7-5-4-6-8-18)9-10-21(24-22)25-12-11-19(16-25)27-14-13-26/h9-10,13,18-19,23H,2-8,11-12,14-16H2,1H3. The number of aldehydes is 1. The smallest absolute Gasteiger partial charge is 0.145 e. The number of nitrogens with one attached hydrogen (secondary N) is 1. The van der Waals surface area contributed by atoms with E-state index in [4.69, 9.17) is 9.72 Å². The molecule has 0 spiro atoms. The molecule has 1 aromatic rings. The largest absolute Gasteiger partial charge is 0.382 e. The van der Waals surface area contributed by atoms with Crippen molar-refractivity contribution in [1.82, 2.24) is 10.3 Å². The van der Waals surface area contributed by atoms with Gasteiger partial charge in [-0.1, -0.05) is 32.8 Å². The van der Waals surface area contributed by atoms with Crippen LogP contribution in [0.15, 0.2) is 23.7 Å². The van der Waals surface area contributed by atoms with Crippen molar-refractivity contribution < 1.29 is 9.53 Å². The predicted octanol–water partition coefficient (Wildman–Crippen LogP) is 4.27. The van der Waals surface area contributed by atoms with Crippen molar-refractivity contribution in [3.8, 4) is 0 Å². The van der Waals surface area contributed by atoms with Crippen LogP contribution in [0.5, 0.6) is 0 Å². The van der Waals surface area contributed by atoms with Gasteiger partial charge < -0.3 is 19.7 Å². The maximum absolute atomic E-state index is 10.5. The minimum atomic E-state index is 0.112. The highest BCUT2D eigenvalue weighted by atomic mass is 32.2. The Morgan fingerprint density at radius 2 is 2.18 bits per heavy atom. The first-order valence-electron chi connectivity index (χ1n) is 10.6. The van der Waals surface area contributed by atoms with Crippen LogP contribution >= 0.6 is 11.8 Å². The summed E-state index contributed by atoms with van der Waals surface area (Å²) in [5, 5.41) is 4.72. The zero-order chi connectivity index (χ0) is 19.8. The molecule has 154 valence electrons. The Balaban J connectivity index is 1.70. The molecule has 1 saturated heterocycles. The molecule has 1 N–H and O–H groups in total. The number of carbonyl (C=O) groups excluding carboxylic acids is 1. The van der Waals surface area contributed by atoms with Crippen LogP contribution in [0.25, 0.3) is 5.70 Å². The van der Waals surface area contributed by atoms with Crippen LogP contribution < -0.4 is 10.2 Å². The normalized spacial score (nSPS) is 20.3. The second kappa shape index (κ2) is 10.9. The molecular weight excluding hydrogens is 370 g/mol. The Kier molecular flexibility index (Phi) is 8.22. The van der Waals surface area contributed by atoms with Crippen LogP contribution in [-0.4, -0.2) is 48.9 Å². The van der Waals surface area contributed by atoms with Gasteiger partial charge in [-0.15, -0.1) is 11.8 Å². The van der Waals surface area contributed by atoms with Gasteiger partial charge in [-0.25, -0.2) is 4.98 Å². The molecule has 1 aliphatic carbocycles. The van der Waals surface area contributed by atoms with Crippen LogP contribution in [0, 0.1) is 0 Å². The Labute approximate surface area is 173 Å². The molecule has 3 rings (SSSR count). The van der Waals surface area contributed by atoms with Crippen molar-refractivity contribution in [2.75, 3.05) is 30.3 Å². The van der Waals surface area contributed by atoms with Crippen LogP contribution in [0.4, 0.5) is 5.82 Å². The summed E-state index contributed by atoms with van der Waals surface area (Å²) in [6.45, 7) is 8.40. The number of hydrogen-bond donors (Lipinski definition) is 1. The Hall–Kier alpha value is -1.53. The molecule has 0 amide bonds. The first-order chi connectivity index (χ1) is 13.7. The first kappa shape index (κ1) is 21.2. The molecule has 1 atom stereocenters. The molecule has 2 heterocycles. The monoisotopic (exact) mass is 403 g/mol. The maximum atomic E-state index is 10.5. The number of rotatable bonds is 10. The molecule has 2 fully saturated rings. The SMILES string of the molecule is C=C(NC1CCCCC1)c1ccc(N2CCC(OCC=O)C2)nc1SCCC. The number of aromatic nitrogens is 1. The fourth-order valence-electron chi connectivity index (χ4n) is 3.96. The fraction of sp³-hybridized carbons (Fsp3) is 0.636. The summed E-state index contributed by atoms with van der Waals surface area (Å²) < 4.78 is 5.58. The molecule has 0 radical (unpaired) electrons. The third-order valence-electron chi connectivity index (χ3n) is 5.47. The number of thioether (sulfide) groups is 1. The first-order valence-corrected chi connectivity index (χ1v) is 11.6. The molecule has 5 nitrogen and oxygen atoms in total. The minimum absolute atomic E-state index is 0.112. The second-order valence-corrected chi connectivity index (χ2v) is 8.77. The van der Waals surface area contributed by atoms with Crippen LogP contribution in [-0.2, 0) is 9.53 Å². The van der Waals surface area contributed by atoms with Gasteiger partial charge >= 0.3 is 0 Å². The summed E-state index contributed by atoms with van der Waals surface area (Å²) in [7, 11) is 0. The summed E-state index contributed by atoms with van der Waals surface area (Å²) in [5.74, 6) is 2.04. The van der Waals surface area contributed by atoms with E-state index in [2.05, 4.69) is 35.9 Å². The van der Waals surface area contributed by atoms with Crippen molar-refractivity contribution in [1.29, 1.82) is 0 Å². The molecule has 2 aliphatic rings. The lowest BCUT2D eigenvalue weighted by Gasteiger charge is -2.26. The lowest BCUT2D eigenvalue weighted by molar-refractivity contribution is -0.113. The topological polar surface area (TPSA) is 54.5 Å². The van der Waals surface area contributed by atoms with Crippen molar-refractivity contribution >= 4 is 29.6 Å². The van der Waals surface area contributed by atoms with E-state index in [9.17, 15) is 4.79 Å². The van der Waals surface area contributed by atoms with Gasteiger partial charge in [0.15, 0.2) is 0 Å². The van der Waals surface area contributed by atoms with E-state index in [0.717, 1.165) is 60.1 Å². The third-order valence-corrected chi connectivity index (χ3v) is 6.66. The van der Waals surface area contributed by atoms with Crippen molar-refractivity contribution in [2.45, 2.75) is 69.0 Å². The molecular formula is C22H33N3O2S. The molecule has 6 heteroatoms. The summed E-state index contributed by atoms with van der Waals surface area (Å²) in [4.78, 5) is 17.8. The zero-order valence-corrected chi connectivity index (χ0v) is 17.8. The molecule has 1 aliphatic heterocycles. The van der Waals surface area contributed by atoms with Crippen molar-refractivity contribution in [2.24, 2.45) is 0 Å². The highest BCUT2D eigenvalue weighted by Crippen LogP contribution is 2.30. The lowest BCUT2D eigenvalue weighted by atomic mass is 9.95. The van der Waals surface area contributed by atoms with E-state index in [1.165, 1.54) is 32.1 Å². The number of nitrogens with zero attached hydrogens (tertiary/aromatic N) is 2. The van der Waals surface area contributed by atoms with Gasteiger partial charge in [0.2, 0.25) is 0 Å². The number of carbonyl (C=O) groups is 1. The van der Waals surface area contributed by atoms with E-state index < -0.39 is 0 Å². The van der Waals surface area contributed by atoms with E-state index in [1.54, 1.807) is 0 Å². The van der Waals surface area contributed by atoms with Gasteiger partial charge in [-0.05, 0) is 43.6 Å². The van der Waals surface area contributed by atoms with Gasteiger partial charge in [0.05, 0.1) is 6.10 Å². The van der Waals surface area contributed by atoms with Gasteiger partial charge in [0.1, 0.15) is 23.7 Å². The number of pyridine rings is 1. The summed E-state index contributed by atoms with van der Waals surface area (Å²) in [6, 6.07) is 4.80. The maximum Gasteiger partial charge on any atom is 0.145 e. The molecule has 0 bridgehead atoms. The van der Waals surface area contributed by atoms with Crippen molar-refractivity contribution in [3.63, 3.8) is 0 Å². The Bertz CT molecular complexity index is 661. The van der Waals surface area contributed by atoms with Crippen LogP contribution in [0.3, 0.4) is 0 Å². The van der Waals surface area contributed by atoms with Crippen molar-refractivity contribution in [3.05, 3.63) is 24.3 Å². The summed E-state index contributed by atoms with van der Waals surface area (Å²) in [6.07, 6.45) is 9.42. The lowest BCUT2D eigenvalue weighted by Crippen LogP contribution is -2.29. The van der Waals surface area contributed by atoms with E-state index in [-0.39, 0.29) is 12.7 Å². The summed E-state index contributed by atoms with van der Waals surface area (Å²) >= 11 is 1.81. The predicted molar refractivity (Wildman–Crippen MR) is 117 cm³/mol. The number of hydrogen-bond acceptors (Lipinski definition) is 6. The fourth-order valence-corrected chi connectivity index (χ4v) is 4.87. The van der Waals surface area contributed by atoms with Gasteiger partial charge in [0, 0.05) is 30.4 Å². The van der Waals surface area contributed by atoms with Crippen LogP contribution in [0.1, 0.15) is 57.4 Å². The van der Waals surface area contributed by atoms with Crippen LogP contribution in [0.2, 0.25) is 0 Å². The van der Waals surface area contributed by atoms with E-state index in [1.807, 2.05) is 11.8 Å². The highest BCUT2D eigenvalue weighted by Gasteiger charge is 2.25. The van der Waals surface area contributed by atoms with Gasteiger partial charge in [-0.3, -0.25) is 0 Å². The number of ether oxygens (including phenoxy) is 1. The molecule has 1 aromatic heterocycles. The van der Waals surface area contributed by atoms with E-state index >= 15 is 0 Å². The Morgan fingerprint density at radius 1 is 1.36 bits per heavy atom. The average Bonchev–Trinajstić information content (AvgIpc) is 3.20. The second-order valence-electron chi connectivity index (χ2n) is 7.69. The molecule has 28 heavy (non-hydrogen) atoms. The third kappa shape index (κ3) is 5.74. The average molecular weight is 404 g/mol. The van der Waals surface area contributed by atoms with Gasteiger partial charge in [0.25, 0.3) is 0 Å². The highest BCUT2D eigenvalue weighted by molar-refractivity contribution is 7.99. The zero-order valence-electron chi connectivity index (χ0n) is 17.0. The van der Waals surface area contributed by atoms with E-state index in [0.29, 0.717) is 6.04 Å². The van der Waals surface area contributed by atoms with Gasteiger partial charge in [-0.2, -0.15) is 0 Å². The molecule has 1 saturated carbocycles. The Morgan fingerprint density at radius 3 is 2.93 bits per heavy atom. The molecule has 1 unspecified atom stereocenters. The summed E-state index contributed by atoms with van der Waals surface area (Å²) in [5.41, 5.74) is 2.12. The molecule has 0 aromatic carbocycles.